The normalized spacial score (nSPS) is 13.5. The van der Waals surface area contributed by atoms with Crippen molar-refractivity contribution in [1.82, 2.24) is 14.6 Å². The van der Waals surface area contributed by atoms with E-state index in [1.165, 1.54) is 21.9 Å². The Kier molecular flexibility index (Phi) is 5.46. The molecule has 0 unspecified atom stereocenters. The van der Waals surface area contributed by atoms with Crippen molar-refractivity contribution in [3.05, 3.63) is 63.0 Å². The summed E-state index contributed by atoms with van der Waals surface area (Å²) in [4.78, 5) is 29.4. The molecule has 1 aromatic carbocycles. The van der Waals surface area contributed by atoms with Gasteiger partial charge >= 0.3 is 5.97 Å². The molecule has 0 aliphatic heterocycles. The average Bonchev–Trinajstić information content (AvgIpc) is 3.04. The van der Waals surface area contributed by atoms with Crippen LogP contribution < -0.4 is 5.56 Å². The van der Waals surface area contributed by atoms with Crippen LogP contribution in [0.25, 0.3) is 4.96 Å². The molecule has 0 N–H and O–H groups in total. The summed E-state index contributed by atoms with van der Waals surface area (Å²) in [5, 5.41) is 4.75. The first-order chi connectivity index (χ1) is 12.5. The summed E-state index contributed by atoms with van der Waals surface area (Å²) in [5.74, 6) is -0.438. The van der Waals surface area contributed by atoms with Crippen LogP contribution >= 0.6 is 11.3 Å². The highest BCUT2D eigenvalue weighted by Gasteiger charge is 2.27. The highest BCUT2D eigenvalue weighted by atomic mass is 32.1. The molecule has 0 amide bonds. The van der Waals surface area contributed by atoms with Crippen LogP contribution in [0.2, 0.25) is 0 Å². The third-order valence-electron chi connectivity index (χ3n) is 4.38. The molecule has 2 aromatic heterocycles. The Balaban J connectivity index is 1.78. The molecule has 0 bridgehead atoms. The molecule has 0 aliphatic rings. The Morgan fingerprint density at radius 3 is 2.73 bits per heavy atom. The molecule has 0 saturated carbocycles. The van der Waals surface area contributed by atoms with E-state index in [-0.39, 0.29) is 30.0 Å². The Hall–Kier alpha value is -2.54. The summed E-state index contributed by atoms with van der Waals surface area (Å²) >= 11 is 1.25. The van der Waals surface area contributed by atoms with E-state index in [2.05, 4.69) is 17.0 Å². The van der Waals surface area contributed by atoms with Crippen molar-refractivity contribution in [1.29, 1.82) is 0 Å². The zero-order chi connectivity index (χ0) is 18.7. The molecule has 2 heterocycles. The SMILES string of the molecule is CC[C@H](C)[C@H](C(=O)OCc1nn2c(=O)cc(C)nc2s1)c1ccccc1. The van der Waals surface area contributed by atoms with Crippen LogP contribution in [-0.2, 0) is 16.1 Å². The largest absolute Gasteiger partial charge is 0.458 e. The average molecular weight is 371 g/mol. The molecular weight excluding hydrogens is 350 g/mol. The van der Waals surface area contributed by atoms with Crippen LogP contribution in [0.1, 0.15) is 42.5 Å². The van der Waals surface area contributed by atoms with Crippen molar-refractivity contribution < 1.29 is 9.53 Å². The molecule has 0 fully saturated rings. The highest BCUT2D eigenvalue weighted by molar-refractivity contribution is 7.16. The molecule has 3 aromatic rings. The number of carbonyl (C=O) groups excluding carboxylic acids is 1. The van der Waals surface area contributed by atoms with Crippen LogP contribution in [0, 0.1) is 12.8 Å². The van der Waals surface area contributed by atoms with E-state index in [0.29, 0.717) is 15.7 Å². The van der Waals surface area contributed by atoms with Crippen LogP contribution in [0.4, 0.5) is 0 Å². The van der Waals surface area contributed by atoms with Crippen molar-refractivity contribution in [3.8, 4) is 0 Å². The summed E-state index contributed by atoms with van der Waals surface area (Å²) in [6, 6.07) is 11.1. The van der Waals surface area contributed by atoms with Gasteiger partial charge in [0.1, 0.15) is 6.61 Å². The molecule has 0 aliphatic carbocycles. The van der Waals surface area contributed by atoms with Gasteiger partial charge in [-0.1, -0.05) is 61.9 Å². The van der Waals surface area contributed by atoms with Gasteiger partial charge in [-0.3, -0.25) is 9.59 Å². The Bertz CT molecular complexity index is 965. The smallest absolute Gasteiger partial charge is 0.314 e. The molecular formula is C19H21N3O3S. The van der Waals surface area contributed by atoms with Crippen LogP contribution in [0.15, 0.2) is 41.2 Å². The molecule has 26 heavy (non-hydrogen) atoms. The fraction of sp³-hybridized carbons (Fsp3) is 0.368. The molecule has 136 valence electrons. The Morgan fingerprint density at radius 2 is 2.04 bits per heavy atom. The number of fused-ring (bicyclic) bond motifs is 1. The lowest BCUT2D eigenvalue weighted by molar-refractivity contribution is -0.148. The van der Waals surface area contributed by atoms with E-state index >= 15 is 0 Å². The number of aromatic nitrogens is 3. The highest BCUT2D eigenvalue weighted by Crippen LogP contribution is 2.28. The van der Waals surface area contributed by atoms with Gasteiger partial charge in [0.05, 0.1) is 5.92 Å². The molecule has 0 spiro atoms. The lowest BCUT2D eigenvalue weighted by Gasteiger charge is -2.21. The van der Waals surface area contributed by atoms with E-state index in [1.807, 2.05) is 37.3 Å². The van der Waals surface area contributed by atoms with Crippen molar-refractivity contribution >= 4 is 22.3 Å². The van der Waals surface area contributed by atoms with Crippen molar-refractivity contribution in [2.75, 3.05) is 0 Å². The van der Waals surface area contributed by atoms with Crippen LogP contribution in [-0.4, -0.2) is 20.6 Å². The number of esters is 1. The van der Waals surface area contributed by atoms with Gasteiger partial charge in [0.2, 0.25) is 4.96 Å². The Labute approximate surface area is 155 Å². The zero-order valence-electron chi connectivity index (χ0n) is 15.0. The summed E-state index contributed by atoms with van der Waals surface area (Å²) in [5.41, 5.74) is 1.36. The number of aryl methyl sites for hydroxylation is 1. The van der Waals surface area contributed by atoms with Crippen molar-refractivity contribution in [3.63, 3.8) is 0 Å². The molecule has 0 saturated heterocycles. The van der Waals surface area contributed by atoms with Gasteiger partial charge < -0.3 is 4.74 Å². The molecule has 2 atom stereocenters. The summed E-state index contributed by atoms with van der Waals surface area (Å²) in [6.07, 6.45) is 0.869. The first kappa shape index (κ1) is 18.3. The fourth-order valence-corrected chi connectivity index (χ4v) is 3.69. The van der Waals surface area contributed by atoms with E-state index in [4.69, 9.17) is 4.74 Å². The topological polar surface area (TPSA) is 73.6 Å². The third kappa shape index (κ3) is 3.83. The minimum absolute atomic E-state index is 0.0329. The number of benzene rings is 1. The number of hydrogen-bond acceptors (Lipinski definition) is 6. The predicted molar refractivity (Wildman–Crippen MR) is 100 cm³/mol. The summed E-state index contributed by atoms with van der Waals surface area (Å²) in [6.45, 7) is 5.90. The maximum atomic E-state index is 12.7. The zero-order valence-corrected chi connectivity index (χ0v) is 15.8. The van der Waals surface area contributed by atoms with Gasteiger partial charge in [0.15, 0.2) is 5.01 Å². The lowest BCUT2D eigenvalue weighted by Crippen LogP contribution is -2.22. The van der Waals surface area contributed by atoms with E-state index in [1.54, 1.807) is 6.92 Å². The second kappa shape index (κ2) is 7.78. The monoisotopic (exact) mass is 371 g/mol. The minimum Gasteiger partial charge on any atom is -0.458 e. The fourth-order valence-electron chi connectivity index (χ4n) is 2.83. The number of ether oxygens (including phenoxy) is 1. The molecule has 6 nitrogen and oxygen atoms in total. The molecule has 7 heteroatoms. The number of hydrogen-bond donors (Lipinski definition) is 0. The second-order valence-electron chi connectivity index (χ2n) is 6.31. The van der Waals surface area contributed by atoms with E-state index in [9.17, 15) is 9.59 Å². The lowest BCUT2D eigenvalue weighted by atomic mass is 9.86. The third-order valence-corrected chi connectivity index (χ3v) is 5.26. The van der Waals surface area contributed by atoms with Crippen molar-refractivity contribution in [2.24, 2.45) is 5.92 Å². The molecule has 3 rings (SSSR count). The first-order valence-corrected chi connectivity index (χ1v) is 9.39. The van der Waals surface area contributed by atoms with Gasteiger partial charge in [0.25, 0.3) is 5.56 Å². The van der Waals surface area contributed by atoms with Gasteiger partial charge in [-0.15, -0.1) is 0 Å². The van der Waals surface area contributed by atoms with Crippen LogP contribution in [0.3, 0.4) is 0 Å². The molecule has 0 radical (unpaired) electrons. The number of rotatable bonds is 6. The quantitative estimate of drug-likeness (QED) is 0.622. The summed E-state index contributed by atoms with van der Waals surface area (Å²) < 4.78 is 6.77. The maximum absolute atomic E-state index is 12.7. The van der Waals surface area contributed by atoms with Gasteiger partial charge in [-0.25, -0.2) is 4.98 Å². The van der Waals surface area contributed by atoms with Gasteiger partial charge in [-0.2, -0.15) is 9.61 Å². The van der Waals surface area contributed by atoms with Gasteiger partial charge in [0, 0.05) is 11.8 Å². The standard InChI is InChI=1S/C19H21N3O3S/c1-4-12(2)17(14-8-6-5-7-9-14)18(24)25-11-15-21-22-16(23)10-13(3)20-19(22)26-15/h5-10,12,17H,4,11H2,1-3H3/t12-,17-/m0/s1. The van der Waals surface area contributed by atoms with E-state index < -0.39 is 0 Å². The minimum atomic E-state index is -0.321. The van der Waals surface area contributed by atoms with E-state index in [0.717, 1.165) is 12.0 Å². The summed E-state index contributed by atoms with van der Waals surface area (Å²) in [7, 11) is 0. The number of nitrogens with zero attached hydrogens (tertiary/aromatic N) is 3. The first-order valence-electron chi connectivity index (χ1n) is 8.57. The number of carbonyl (C=O) groups is 1. The second-order valence-corrected chi connectivity index (χ2v) is 7.35. The van der Waals surface area contributed by atoms with Gasteiger partial charge in [-0.05, 0) is 18.4 Å². The Morgan fingerprint density at radius 1 is 1.31 bits per heavy atom. The van der Waals surface area contributed by atoms with Crippen LogP contribution in [0.5, 0.6) is 0 Å². The predicted octanol–water partition coefficient (Wildman–Crippen LogP) is 3.33. The van der Waals surface area contributed by atoms with Crippen molar-refractivity contribution in [2.45, 2.75) is 39.7 Å². The maximum Gasteiger partial charge on any atom is 0.314 e.